The number of carboxylic acids is 1. The molecular weight excluding hydrogens is 377 g/mol. The number of halogens is 3. The summed E-state index contributed by atoms with van der Waals surface area (Å²) < 4.78 is 45.7. The molecule has 0 aliphatic rings. The molecule has 0 aliphatic heterocycles. The zero-order chi connectivity index (χ0) is 20.4. The number of azo groups is 1. The third-order valence-corrected chi connectivity index (χ3v) is 3.49. The fraction of sp³-hybridized carbons (Fsp3) is 0.316. The second-order valence-electron chi connectivity index (χ2n) is 5.79. The van der Waals surface area contributed by atoms with Gasteiger partial charge in [-0.2, -0.15) is 10.2 Å². The molecule has 0 saturated carbocycles. The van der Waals surface area contributed by atoms with Crippen molar-refractivity contribution in [2.45, 2.75) is 32.0 Å². The number of hydrogen-bond donors (Lipinski definition) is 1. The molecule has 1 N–H and O–H groups in total. The number of carbonyl (C=O) groups is 1. The van der Waals surface area contributed by atoms with Gasteiger partial charge in [-0.05, 0) is 67.8 Å². The summed E-state index contributed by atoms with van der Waals surface area (Å²) in [5, 5.41) is 16.5. The number of benzene rings is 2. The highest BCUT2D eigenvalue weighted by Crippen LogP contribution is 2.26. The minimum atomic E-state index is -4.73. The first-order valence-electron chi connectivity index (χ1n) is 8.54. The third-order valence-electron chi connectivity index (χ3n) is 3.49. The maximum Gasteiger partial charge on any atom is 0.573 e. The van der Waals surface area contributed by atoms with Gasteiger partial charge < -0.3 is 14.6 Å². The molecular formula is C19H19F3N2O4. The van der Waals surface area contributed by atoms with Crippen LogP contribution >= 0.6 is 0 Å². The Labute approximate surface area is 159 Å². The second kappa shape index (κ2) is 10.3. The predicted octanol–water partition coefficient (Wildman–Crippen LogP) is 6.02. The topological polar surface area (TPSA) is 80.5 Å². The maximum atomic E-state index is 12.1. The molecule has 0 unspecified atom stereocenters. The number of alkyl halides is 3. The molecule has 0 aliphatic carbocycles. The van der Waals surface area contributed by atoms with Gasteiger partial charge in [0.25, 0.3) is 0 Å². The lowest BCUT2D eigenvalue weighted by molar-refractivity contribution is -0.274. The van der Waals surface area contributed by atoms with E-state index in [9.17, 15) is 18.0 Å². The Morgan fingerprint density at radius 1 is 0.857 bits per heavy atom. The molecule has 0 amide bonds. The Morgan fingerprint density at radius 3 is 1.89 bits per heavy atom. The SMILES string of the molecule is O=C(O)CCCCCOc1ccc(N=Nc2ccc(OC(F)(F)F)cc2)cc1. The van der Waals surface area contributed by atoms with Gasteiger partial charge in [-0.25, -0.2) is 0 Å². The van der Waals surface area contributed by atoms with Gasteiger partial charge in [0.15, 0.2) is 0 Å². The molecule has 28 heavy (non-hydrogen) atoms. The minimum absolute atomic E-state index is 0.164. The van der Waals surface area contributed by atoms with Crippen molar-refractivity contribution in [1.82, 2.24) is 0 Å². The van der Waals surface area contributed by atoms with Crippen LogP contribution in [0.3, 0.4) is 0 Å². The molecule has 0 atom stereocenters. The van der Waals surface area contributed by atoms with Crippen LogP contribution in [0.5, 0.6) is 11.5 Å². The van der Waals surface area contributed by atoms with E-state index in [1.54, 1.807) is 24.3 Å². The van der Waals surface area contributed by atoms with Crippen LogP contribution in [-0.4, -0.2) is 24.0 Å². The molecule has 2 rings (SSSR count). The average Bonchev–Trinajstić information content (AvgIpc) is 2.63. The van der Waals surface area contributed by atoms with E-state index in [0.29, 0.717) is 30.2 Å². The second-order valence-corrected chi connectivity index (χ2v) is 5.79. The van der Waals surface area contributed by atoms with Crippen LogP contribution in [0.4, 0.5) is 24.5 Å². The highest BCUT2D eigenvalue weighted by molar-refractivity contribution is 5.66. The average molecular weight is 396 g/mol. The summed E-state index contributed by atoms with van der Waals surface area (Å²) in [5.41, 5.74) is 0.945. The minimum Gasteiger partial charge on any atom is -0.494 e. The molecule has 150 valence electrons. The lowest BCUT2D eigenvalue weighted by Gasteiger charge is -2.08. The summed E-state index contributed by atoms with van der Waals surface area (Å²) >= 11 is 0. The van der Waals surface area contributed by atoms with Crippen molar-refractivity contribution >= 4 is 17.3 Å². The largest absolute Gasteiger partial charge is 0.573 e. The van der Waals surface area contributed by atoms with E-state index in [-0.39, 0.29) is 12.2 Å². The number of aliphatic carboxylic acids is 1. The lowest BCUT2D eigenvalue weighted by atomic mass is 10.2. The predicted molar refractivity (Wildman–Crippen MR) is 95.3 cm³/mol. The summed E-state index contributed by atoms with van der Waals surface area (Å²) in [5.74, 6) is -0.460. The van der Waals surface area contributed by atoms with Crippen molar-refractivity contribution in [3.05, 3.63) is 48.5 Å². The molecule has 0 bridgehead atoms. The van der Waals surface area contributed by atoms with Crippen molar-refractivity contribution in [2.24, 2.45) is 10.2 Å². The molecule has 0 spiro atoms. The molecule has 0 fully saturated rings. The van der Waals surface area contributed by atoms with Gasteiger partial charge in [-0.1, -0.05) is 0 Å². The number of rotatable bonds is 10. The van der Waals surface area contributed by atoms with Crippen LogP contribution in [0.25, 0.3) is 0 Å². The van der Waals surface area contributed by atoms with Crippen LogP contribution in [0.15, 0.2) is 58.8 Å². The van der Waals surface area contributed by atoms with Gasteiger partial charge in [-0.3, -0.25) is 4.79 Å². The Balaban J connectivity index is 1.77. The van der Waals surface area contributed by atoms with Crippen LogP contribution in [0.2, 0.25) is 0 Å². The zero-order valence-electron chi connectivity index (χ0n) is 14.9. The molecule has 9 heteroatoms. The van der Waals surface area contributed by atoms with E-state index in [4.69, 9.17) is 9.84 Å². The Bertz CT molecular complexity index is 775. The van der Waals surface area contributed by atoms with Gasteiger partial charge in [0.2, 0.25) is 0 Å². The fourth-order valence-corrected chi connectivity index (χ4v) is 2.18. The van der Waals surface area contributed by atoms with E-state index in [1.165, 1.54) is 12.1 Å². The summed E-state index contributed by atoms with van der Waals surface area (Å²) in [7, 11) is 0. The monoisotopic (exact) mass is 396 g/mol. The number of hydrogen-bond acceptors (Lipinski definition) is 5. The van der Waals surface area contributed by atoms with Crippen LogP contribution in [0.1, 0.15) is 25.7 Å². The van der Waals surface area contributed by atoms with Crippen LogP contribution in [-0.2, 0) is 4.79 Å². The van der Waals surface area contributed by atoms with E-state index >= 15 is 0 Å². The van der Waals surface area contributed by atoms with Gasteiger partial charge in [-0.15, -0.1) is 13.2 Å². The third kappa shape index (κ3) is 8.52. The van der Waals surface area contributed by atoms with Crippen LogP contribution in [0, 0.1) is 0 Å². The standard InChI is InChI=1S/C19H19F3N2O4/c20-19(21,22)28-17-11-7-15(8-12-17)24-23-14-5-9-16(10-6-14)27-13-3-1-2-4-18(25)26/h5-12H,1-4,13H2,(H,25,26). The summed E-state index contributed by atoms with van der Waals surface area (Å²) in [6.45, 7) is 0.493. The quantitative estimate of drug-likeness (QED) is 0.393. The van der Waals surface area contributed by atoms with E-state index in [1.807, 2.05) is 0 Å². The number of carboxylic acid groups (broad SMARTS) is 1. The summed E-state index contributed by atoms with van der Waals surface area (Å²) in [6, 6.07) is 11.9. The highest BCUT2D eigenvalue weighted by atomic mass is 19.4. The van der Waals surface area contributed by atoms with Crippen molar-refractivity contribution in [1.29, 1.82) is 0 Å². The first-order valence-corrected chi connectivity index (χ1v) is 8.54. The molecule has 2 aromatic carbocycles. The summed E-state index contributed by atoms with van der Waals surface area (Å²) in [6.07, 6.45) is -2.39. The Morgan fingerprint density at radius 2 is 1.39 bits per heavy atom. The molecule has 0 saturated heterocycles. The van der Waals surface area contributed by atoms with Crippen LogP contribution < -0.4 is 9.47 Å². The first kappa shape index (κ1) is 21.2. The number of nitrogens with zero attached hydrogens (tertiary/aromatic N) is 2. The molecule has 6 nitrogen and oxygen atoms in total. The van der Waals surface area contributed by atoms with Crippen molar-refractivity contribution < 1.29 is 32.5 Å². The van der Waals surface area contributed by atoms with Gasteiger partial charge in [0.1, 0.15) is 11.5 Å². The van der Waals surface area contributed by atoms with E-state index < -0.39 is 12.3 Å². The van der Waals surface area contributed by atoms with Gasteiger partial charge in [0.05, 0.1) is 18.0 Å². The smallest absolute Gasteiger partial charge is 0.494 e. The molecule has 2 aromatic rings. The maximum absolute atomic E-state index is 12.1. The van der Waals surface area contributed by atoms with Gasteiger partial charge in [0, 0.05) is 6.42 Å². The van der Waals surface area contributed by atoms with Crippen molar-refractivity contribution in [3.63, 3.8) is 0 Å². The number of unbranched alkanes of at least 4 members (excludes halogenated alkanes) is 2. The Kier molecular flexibility index (Phi) is 7.79. The summed E-state index contributed by atoms with van der Waals surface area (Å²) in [4.78, 5) is 10.4. The molecule has 0 aromatic heterocycles. The first-order chi connectivity index (χ1) is 13.3. The lowest BCUT2D eigenvalue weighted by Crippen LogP contribution is -2.16. The molecule has 0 radical (unpaired) electrons. The van der Waals surface area contributed by atoms with Crippen molar-refractivity contribution in [3.8, 4) is 11.5 Å². The van der Waals surface area contributed by atoms with E-state index in [2.05, 4.69) is 15.0 Å². The Hall–Kier alpha value is -3.10. The van der Waals surface area contributed by atoms with E-state index in [0.717, 1.165) is 25.0 Å². The fourth-order valence-electron chi connectivity index (χ4n) is 2.18. The normalized spacial score (nSPS) is 11.5. The van der Waals surface area contributed by atoms with Crippen molar-refractivity contribution in [2.75, 3.05) is 6.61 Å². The zero-order valence-corrected chi connectivity index (χ0v) is 14.9. The molecule has 0 heterocycles. The number of ether oxygens (including phenoxy) is 2. The highest BCUT2D eigenvalue weighted by Gasteiger charge is 2.30. The van der Waals surface area contributed by atoms with Gasteiger partial charge >= 0.3 is 12.3 Å².